The van der Waals surface area contributed by atoms with Crippen molar-refractivity contribution in [1.82, 2.24) is 15.3 Å². The number of aromatic nitrogens is 2. The summed E-state index contributed by atoms with van der Waals surface area (Å²) in [6, 6.07) is 8.08. The summed E-state index contributed by atoms with van der Waals surface area (Å²) in [5.74, 6) is -0.195. The van der Waals surface area contributed by atoms with Crippen molar-refractivity contribution in [2.45, 2.75) is 12.5 Å². The predicted molar refractivity (Wildman–Crippen MR) is 102 cm³/mol. The Morgan fingerprint density at radius 2 is 2.22 bits per heavy atom. The molecule has 1 unspecified atom stereocenters. The molecule has 2 aromatic heterocycles. The quantitative estimate of drug-likeness (QED) is 0.706. The van der Waals surface area contributed by atoms with E-state index in [1.807, 2.05) is 0 Å². The Hall–Kier alpha value is -2.84. The molecule has 0 aliphatic carbocycles. The van der Waals surface area contributed by atoms with Crippen molar-refractivity contribution in [1.29, 1.82) is 0 Å². The Balaban J connectivity index is 1.51. The molecule has 1 atom stereocenters. The SMILES string of the molecule is O=C(Nc1cnccc1OC1CCNC1)c1csc(-c2ccccc2F)n1. The van der Waals surface area contributed by atoms with Gasteiger partial charge in [-0.05, 0) is 25.1 Å². The summed E-state index contributed by atoms with van der Waals surface area (Å²) in [6.07, 6.45) is 4.13. The Bertz CT molecular complexity index is 956. The van der Waals surface area contributed by atoms with Gasteiger partial charge in [0.1, 0.15) is 34.1 Å². The van der Waals surface area contributed by atoms with Gasteiger partial charge >= 0.3 is 0 Å². The second-order valence-electron chi connectivity index (χ2n) is 6.08. The molecular weight excluding hydrogens is 367 g/mol. The summed E-state index contributed by atoms with van der Waals surface area (Å²) in [6.45, 7) is 1.68. The number of hydrogen-bond donors (Lipinski definition) is 2. The van der Waals surface area contributed by atoms with Gasteiger partial charge in [0.15, 0.2) is 0 Å². The molecule has 0 spiro atoms. The molecule has 6 nitrogen and oxygen atoms in total. The van der Waals surface area contributed by atoms with Crippen molar-refractivity contribution in [2.75, 3.05) is 18.4 Å². The van der Waals surface area contributed by atoms with E-state index >= 15 is 0 Å². The largest absolute Gasteiger partial charge is 0.487 e. The Labute approximate surface area is 159 Å². The molecule has 0 radical (unpaired) electrons. The highest BCUT2D eigenvalue weighted by molar-refractivity contribution is 7.13. The van der Waals surface area contributed by atoms with Gasteiger partial charge in [-0.2, -0.15) is 0 Å². The Morgan fingerprint density at radius 3 is 3.04 bits per heavy atom. The lowest BCUT2D eigenvalue weighted by Gasteiger charge is -2.15. The molecule has 0 saturated carbocycles. The molecule has 3 heterocycles. The Kier molecular flexibility index (Phi) is 5.08. The number of amides is 1. The number of carbonyl (C=O) groups is 1. The summed E-state index contributed by atoms with van der Waals surface area (Å²) >= 11 is 1.22. The van der Waals surface area contributed by atoms with Gasteiger partial charge in [-0.15, -0.1) is 11.3 Å². The van der Waals surface area contributed by atoms with Crippen molar-refractivity contribution < 1.29 is 13.9 Å². The number of anilines is 1. The van der Waals surface area contributed by atoms with Gasteiger partial charge in [0.25, 0.3) is 5.91 Å². The van der Waals surface area contributed by atoms with Crippen molar-refractivity contribution in [2.24, 2.45) is 0 Å². The van der Waals surface area contributed by atoms with Crippen LogP contribution in [-0.2, 0) is 0 Å². The topological polar surface area (TPSA) is 76.1 Å². The van der Waals surface area contributed by atoms with Gasteiger partial charge in [-0.25, -0.2) is 9.37 Å². The lowest BCUT2D eigenvalue weighted by Crippen LogP contribution is -2.21. The first-order valence-corrected chi connectivity index (χ1v) is 9.42. The van der Waals surface area contributed by atoms with Gasteiger partial charge in [0.05, 0.1) is 6.20 Å². The van der Waals surface area contributed by atoms with Crippen LogP contribution in [-0.4, -0.2) is 35.1 Å². The van der Waals surface area contributed by atoms with Crippen molar-refractivity contribution in [3.05, 3.63) is 59.6 Å². The lowest BCUT2D eigenvalue weighted by molar-refractivity contribution is 0.102. The molecule has 8 heteroatoms. The van der Waals surface area contributed by atoms with Gasteiger partial charge < -0.3 is 15.4 Å². The van der Waals surface area contributed by atoms with Crippen LogP contribution in [0.5, 0.6) is 5.75 Å². The smallest absolute Gasteiger partial charge is 0.275 e. The number of hydrogen-bond acceptors (Lipinski definition) is 6. The average molecular weight is 384 g/mol. The second kappa shape index (κ2) is 7.81. The first-order valence-electron chi connectivity index (χ1n) is 8.54. The van der Waals surface area contributed by atoms with Crippen molar-refractivity contribution >= 4 is 22.9 Å². The number of halogens is 1. The second-order valence-corrected chi connectivity index (χ2v) is 6.93. The maximum Gasteiger partial charge on any atom is 0.275 e. The van der Waals surface area contributed by atoms with Crippen LogP contribution in [0.3, 0.4) is 0 Å². The maximum absolute atomic E-state index is 13.9. The van der Waals surface area contributed by atoms with Crippen LogP contribution in [0.4, 0.5) is 10.1 Å². The third-order valence-electron chi connectivity index (χ3n) is 4.18. The minimum Gasteiger partial charge on any atom is -0.487 e. The molecule has 1 aromatic carbocycles. The van der Waals surface area contributed by atoms with Gasteiger partial charge in [0.2, 0.25) is 0 Å². The fourth-order valence-electron chi connectivity index (χ4n) is 2.81. The molecule has 138 valence electrons. The van der Waals surface area contributed by atoms with Crippen molar-refractivity contribution in [3.8, 4) is 16.3 Å². The summed E-state index contributed by atoms with van der Waals surface area (Å²) in [4.78, 5) is 20.9. The third kappa shape index (κ3) is 3.96. The lowest BCUT2D eigenvalue weighted by atomic mass is 10.2. The van der Waals surface area contributed by atoms with Crippen molar-refractivity contribution in [3.63, 3.8) is 0 Å². The molecule has 2 N–H and O–H groups in total. The van der Waals surface area contributed by atoms with Crippen LogP contribution in [0.15, 0.2) is 48.1 Å². The van der Waals surface area contributed by atoms with Crippen LogP contribution in [0.2, 0.25) is 0 Å². The minimum atomic E-state index is -0.392. The van der Waals surface area contributed by atoms with E-state index in [1.165, 1.54) is 17.4 Å². The van der Waals surface area contributed by atoms with Gasteiger partial charge in [-0.1, -0.05) is 12.1 Å². The summed E-state index contributed by atoms with van der Waals surface area (Å²) < 4.78 is 19.9. The van der Waals surface area contributed by atoms with Crippen LogP contribution in [0, 0.1) is 5.82 Å². The van der Waals surface area contributed by atoms with E-state index in [-0.39, 0.29) is 17.6 Å². The summed E-state index contributed by atoms with van der Waals surface area (Å²) in [7, 11) is 0. The molecular formula is C19H17FN4O2S. The number of benzene rings is 1. The molecule has 1 aliphatic rings. The molecule has 27 heavy (non-hydrogen) atoms. The number of nitrogens with zero attached hydrogens (tertiary/aromatic N) is 2. The molecule has 0 bridgehead atoms. The highest BCUT2D eigenvalue weighted by Gasteiger charge is 2.19. The molecule has 1 fully saturated rings. The monoisotopic (exact) mass is 384 g/mol. The van der Waals surface area contributed by atoms with E-state index in [9.17, 15) is 9.18 Å². The molecule has 4 rings (SSSR count). The van der Waals surface area contributed by atoms with Crippen LogP contribution in [0.25, 0.3) is 10.6 Å². The average Bonchev–Trinajstić information content (AvgIpc) is 3.36. The number of nitrogens with one attached hydrogen (secondary N) is 2. The number of rotatable bonds is 5. The zero-order valence-corrected chi connectivity index (χ0v) is 15.1. The highest BCUT2D eigenvalue weighted by atomic mass is 32.1. The van der Waals surface area contributed by atoms with E-state index in [2.05, 4.69) is 20.6 Å². The zero-order chi connectivity index (χ0) is 18.6. The summed E-state index contributed by atoms with van der Waals surface area (Å²) in [5.41, 5.74) is 1.08. The standard InChI is InChI=1S/C19H17FN4O2S/c20-14-4-2-1-3-13(14)19-24-16(11-27-19)18(25)23-15-10-22-8-6-17(15)26-12-5-7-21-9-12/h1-4,6,8,10-12,21H,5,7,9H2,(H,23,25). The van der Waals surface area contributed by atoms with Gasteiger partial charge in [-0.3, -0.25) is 9.78 Å². The zero-order valence-electron chi connectivity index (χ0n) is 14.3. The van der Waals surface area contributed by atoms with Crippen LogP contribution in [0.1, 0.15) is 16.9 Å². The van der Waals surface area contributed by atoms with E-state index in [0.717, 1.165) is 19.5 Å². The van der Waals surface area contributed by atoms with E-state index in [0.29, 0.717) is 22.0 Å². The van der Waals surface area contributed by atoms with E-state index < -0.39 is 5.91 Å². The fraction of sp³-hybridized carbons (Fsp3) is 0.211. The van der Waals surface area contributed by atoms with Crippen LogP contribution >= 0.6 is 11.3 Å². The molecule has 3 aromatic rings. The highest BCUT2D eigenvalue weighted by Crippen LogP contribution is 2.28. The predicted octanol–water partition coefficient (Wildman–Crippen LogP) is 3.34. The number of carbonyl (C=O) groups excluding carboxylic acids is 1. The molecule has 1 amide bonds. The molecule has 1 saturated heterocycles. The third-order valence-corrected chi connectivity index (χ3v) is 5.05. The normalized spacial score (nSPS) is 16.3. The number of ether oxygens (including phenoxy) is 1. The maximum atomic E-state index is 13.9. The molecule has 1 aliphatic heterocycles. The Morgan fingerprint density at radius 1 is 1.33 bits per heavy atom. The van der Waals surface area contributed by atoms with E-state index in [4.69, 9.17) is 4.74 Å². The number of pyridine rings is 1. The number of thiazole rings is 1. The first kappa shape index (κ1) is 17.6. The van der Waals surface area contributed by atoms with Crippen LogP contribution < -0.4 is 15.4 Å². The first-order chi connectivity index (χ1) is 13.2. The van der Waals surface area contributed by atoms with Gasteiger partial charge in [0, 0.05) is 29.8 Å². The minimum absolute atomic E-state index is 0.0648. The van der Waals surface area contributed by atoms with E-state index in [1.54, 1.807) is 42.0 Å². The fourth-order valence-corrected chi connectivity index (χ4v) is 3.64. The summed E-state index contributed by atoms with van der Waals surface area (Å²) in [5, 5.41) is 8.08.